The molecule has 0 aliphatic rings. The highest BCUT2D eigenvalue weighted by atomic mass is 35.5. The lowest BCUT2D eigenvalue weighted by Crippen LogP contribution is -2.17. The molecule has 2 heterocycles. The third-order valence-electron chi connectivity index (χ3n) is 7.98. The first-order valence-electron chi connectivity index (χ1n) is 16.5. The summed E-state index contributed by atoms with van der Waals surface area (Å²) in [4.78, 5) is 34.2. The third kappa shape index (κ3) is 10.8. The molecule has 10 nitrogen and oxygen atoms in total. The largest absolute Gasteiger partial charge is 0.488 e. The van der Waals surface area contributed by atoms with E-state index in [1.807, 2.05) is 0 Å². The van der Waals surface area contributed by atoms with Crippen LogP contribution in [0.15, 0.2) is 123 Å². The van der Waals surface area contributed by atoms with Crippen molar-refractivity contribution in [3.8, 4) is 11.5 Å². The molecule has 286 valence electrons. The van der Waals surface area contributed by atoms with Gasteiger partial charge in [0.25, 0.3) is 0 Å². The van der Waals surface area contributed by atoms with Crippen molar-refractivity contribution in [2.45, 2.75) is 26.3 Å². The summed E-state index contributed by atoms with van der Waals surface area (Å²) >= 11 is 24.7. The highest BCUT2D eigenvalue weighted by molar-refractivity contribution is 6.35. The van der Waals surface area contributed by atoms with Gasteiger partial charge in [-0.2, -0.15) is 0 Å². The second-order valence-corrected chi connectivity index (χ2v) is 13.6. The standard InChI is InChI=1S/C40H28Cl4F2N4O6/c41-29-3-1-25(35(43)13-29)19-53-37-7-5-31(45)15-33(37)27(17-49-11-9-47-23-49)21-55-39(51)40(52)56-22-28(18-50-12-10-48-24-50)34-16-32(46)6-8-38(34)54-20-26-2-4-30(42)14-36(26)44/h1-16,21-24H,17-20H2. The second-order valence-electron chi connectivity index (χ2n) is 11.9. The first kappa shape index (κ1) is 40.0. The predicted molar refractivity (Wildman–Crippen MR) is 207 cm³/mol. The average Bonchev–Trinajstić information content (AvgIpc) is 3.90. The van der Waals surface area contributed by atoms with E-state index in [1.54, 1.807) is 57.9 Å². The van der Waals surface area contributed by atoms with Crippen molar-refractivity contribution in [1.82, 2.24) is 19.1 Å². The Morgan fingerprint density at radius 1 is 0.607 bits per heavy atom. The molecule has 2 aromatic heterocycles. The highest BCUT2D eigenvalue weighted by Gasteiger charge is 2.21. The maximum Gasteiger partial charge on any atom is 0.422 e. The summed E-state index contributed by atoms with van der Waals surface area (Å²) in [5.74, 6) is -3.59. The molecule has 0 unspecified atom stereocenters. The summed E-state index contributed by atoms with van der Waals surface area (Å²) in [5, 5.41) is 1.63. The molecule has 0 radical (unpaired) electrons. The Labute approximate surface area is 339 Å². The number of nitrogens with zero attached hydrogens (tertiary/aromatic N) is 4. The average molecular weight is 840 g/mol. The van der Waals surface area contributed by atoms with E-state index in [2.05, 4.69) is 9.97 Å². The van der Waals surface area contributed by atoms with E-state index < -0.39 is 23.6 Å². The Morgan fingerprint density at radius 2 is 1.04 bits per heavy atom. The minimum atomic E-state index is -1.41. The van der Waals surface area contributed by atoms with Gasteiger partial charge in [-0.05, 0) is 60.7 Å². The van der Waals surface area contributed by atoms with E-state index in [-0.39, 0.29) is 60.1 Å². The minimum Gasteiger partial charge on any atom is -0.488 e. The Bertz CT molecular complexity index is 2240. The number of rotatable bonds is 14. The van der Waals surface area contributed by atoms with Gasteiger partial charge in [0.1, 0.15) is 48.9 Å². The van der Waals surface area contributed by atoms with Gasteiger partial charge in [0.05, 0.1) is 25.7 Å². The molecule has 56 heavy (non-hydrogen) atoms. The van der Waals surface area contributed by atoms with Crippen molar-refractivity contribution >= 4 is 69.5 Å². The molecule has 0 N–H and O–H groups in total. The maximum atomic E-state index is 14.7. The van der Waals surface area contributed by atoms with Crippen LogP contribution in [0.2, 0.25) is 20.1 Å². The molecule has 0 spiro atoms. The second kappa shape index (κ2) is 18.8. The molecule has 0 amide bonds. The molecule has 0 bridgehead atoms. The molecule has 6 aromatic rings. The Kier molecular flexibility index (Phi) is 13.4. The fourth-order valence-corrected chi connectivity index (χ4v) is 6.14. The van der Waals surface area contributed by atoms with Gasteiger partial charge in [0.15, 0.2) is 0 Å². The van der Waals surface area contributed by atoms with Crippen molar-refractivity contribution in [2.75, 3.05) is 0 Å². The van der Waals surface area contributed by atoms with Crippen LogP contribution in [0.25, 0.3) is 11.1 Å². The third-order valence-corrected chi connectivity index (χ3v) is 9.15. The molecule has 0 aliphatic heterocycles. The van der Waals surface area contributed by atoms with Crippen molar-refractivity contribution < 1.29 is 37.3 Å². The molecule has 0 aliphatic carbocycles. The Hall–Kier alpha value is -5.66. The fraction of sp³-hybridized carbons (Fsp3) is 0.100. The van der Waals surface area contributed by atoms with Crippen LogP contribution in [0.5, 0.6) is 11.5 Å². The van der Waals surface area contributed by atoms with Crippen LogP contribution in [0, 0.1) is 11.6 Å². The zero-order valence-corrected chi connectivity index (χ0v) is 31.9. The molecule has 0 atom stereocenters. The number of ether oxygens (including phenoxy) is 4. The summed E-state index contributed by atoms with van der Waals surface area (Å²) in [7, 11) is 0. The summed E-state index contributed by atoms with van der Waals surface area (Å²) in [6.45, 7) is 0.0599. The number of carbonyl (C=O) groups excluding carboxylic acids is 2. The van der Waals surface area contributed by atoms with E-state index in [1.165, 1.54) is 61.4 Å². The molecular weight excluding hydrogens is 812 g/mol. The number of aromatic nitrogens is 4. The topological polar surface area (TPSA) is 107 Å². The number of esters is 2. The number of imidazole rings is 2. The number of carbonyl (C=O) groups is 2. The number of allylic oxidation sites excluding steroid dienone is 2. The molecule has 4 aromatic carbocycles. The van der Waals surface area contributed by atoms with Crippen LogP contribution >= 0.6 is 46.4 Å². The van der Waals surface area contributed by atoms with Gasteiger partial charge in [-0.3, -0.25) is 0 Å². The van der Waals surface area contributed by atoms with Crippen molar-refractivity contribution in [3.05, 3.63) is 177 Å². The van der Waals surface area contributed by atoms with Crippen LogP contribution in [0.3, 0.4) is 0 Å². The monoisotopic (exact) mass is 838 g/mol. The van der Waals surface area contributed by atoms with Gasteiger partial charge in [-0.15, -0.1) is 0 Å². The van der Waals surface area contributed by atoms with Crippen molar-refractivity contribution in [1.29, 1.82) is 0 Å². The maximum absolute atomic E-state index is 14.7. The molecule has 0 saturated heterocycles. The number of hydrogen-bond donors (Lipinski definition) is 0. The Balaban J connectivity index is 1.24. The number of benzene rings is 4. The molecular formula is C40H28Cl4F2N4O6. The van der Waals surface area contributed by atoms with Crippen LogP contribution < -0.4 is 9.47 Å². The van der Waals surface area contributed by atoms with Crippen molar-refractivity contribution in [2.24, 2.45) is 0 Å². The quantitative estimate of drug-likeness (QED) is 0.0607. The zero-order chi connectivity index (χ0) is 39.6. The minimum absolute atomic E-state index is 0.000212. The van der Waals surface area contributed by atoms with E-state index in [0.29, 0.717) is 31.2 Å². The molecule has 0 saturated carbocycles. The lowest BCUT2D eigenvalue weighted by atomic mass is 10.1. The van der Waals surface area contributed by atoms with Crippen LogP contribution in [0.4, 0.5) is 8.78 Å². The van der Waals surface area contributed by atoms with E-state index in [9.17, 15) is 18.4 Å². The van der Waals surface area contributed by atoms with Crippen LogP contribution in [-0.2, 0) is 45.4 Å². The molecule has 6 rings (SSSR count). The summed E-state index contributed by atoms with van der Waals surface area (Å²) < 4.78 is 55.2. The van der Waals surface area contributed by atoms with E-state index in [4.69, 9.17) is 65.4 Å². The SMILES string of the molecule is O=C(OC=C(Cn1ccnc1)c1cc(F)ccc1OCc1ccc(Cl)cc1Cl)C(=O)OC=C(Cn1ccnc1)c1cc(F)ccc1OCc1ccc(Cl)cc1Cl. The predicted octanol–water partition coefficient (Wildman–Crippen LogP) is 10.00. The van der Waals surface area contributed by atoms with E-state index in [0.717, 1.165) is 12.5 Å². The number of hydrogen-bond acceptors (Lipinski definition) is 8. The smallest absolute Gasteiger partial charge is 0.422 e. The number of halogens is 6. The summed E-state index contributed by atoms with van der Waals surface area (Å²) in [5.41, 5.74) is 2.13. The van der Waals surface area contributed by atoms with Gasteiger partial charge >= 0.3 is 11.9 Å². The normalized spacial score (nSPS) is 11.7. The summed E-state index contributed by atoms with van der Waals surface area (Å²) in [6.07, 6.45) is 11.3. The van der Waals surface area contributed by atoms with Crippen LogP contribution in [-0.4, -0.2) is 31.0 Å². The first-order valence-corrected chi connectivity index (χ1v) is 18.0. The fourth-order valence-electron chi connectivity index (χ4n) is 5.22. The lowest BCUT2D eigenvalue weighted by Gasteiger charge is -2.16. The van der Waals surface area contributed by atoms with Crippen LogP contribution in [0.1, 0.15) is 22.3 Å². The van der Waals surface area contributed by atoms with Gasteiger partial charge < -0.3 is 28.1 Å². The first-order chi connectivity index (χ1) is 27.0. The lowest BCUT2D eigenvalue weighted by molar-refractivity contribution is -0.160. The van der Waals surface area contributed by atoms with Gasteiger partial charge in [0.2, 0.25) is 0 Å². The zero-order valence-electron chi connectivity index (χ0n) is 28.9. The van der Waals surface area contributed by atoms with E-state index >= 15 is 0 Å². The van der Waals surface area contributed by atoms with Gasteiger partial charge in [-0.1, -0.05) is 58.5 Å². The molecule has 0 fully saturated rings. The summed E-state index contributed by atoms with van der Waals surface area (Å²) in [6, 6.07) is 17.4. The van der Waals surface area contributed by atoms with Crippen molar-refractivity contribution in [3.63, 3.8) is 0 Å². The van der Waals surface area contributed by atoms with Gasteiger partial charge in [0, 0.05) is 78.3 Å². The highest BCUT2D eigenvalue weighted by Crippen LogP contribution is 2.32. The van der Waals surface area contributed by atoms with Gasteiger partial charge in [-0.25, -0.2) is 28.3 Å². The molecule has 16 heteroatoms. The Morgan fingerprint density at radius 3 is 1.41 bits per heavy atom.